The van der Waals surface area contributed by atoms with Crippen LogP contribution in [0, 0.1) is 0 Å². The lowest BCUT2D eigenvalue weighted by molar-refractivity contribution is -0.138. The van der Waals surface area contributed by atoms with Crippen molar-refractivity contribution in [3.63, 3.8) is 0 Å². The van der Waals surface area contributed by atoms with Crippen LogP contribution in [0.4, 0.5) is 9.18 Å². The highest BCUT2D eigenvalue weighted by Crippen LogP contribution is 2.11. The third kappa shape index (κ3) is 14.2. The van der Waals surface area contributed by atoms with Gasteiger partial charge in [-0.25, -0.2) is 9.18 Å². The van der Waals surface area contributed by atoms with Crippen LogP contribution in [0.1, 0.15) is 71.1 Å². The summed E-state index contributed by atoms with van der Waals surface area (Å²) >= 11 is 0. The fourth-order valence-electron chi connectivity index (χ4n) is 2.25. The third-order valence-electron chi connectivity index (χ3n) is 3.81. The fraction of sp³-hybridized carbons (Fsp3) is 0.882. The quantitative estimate of drug-likeness (QED) is 0.394. The van der Waals surface area contributed by atoms with E-state index in [1.54, 1.807) is 0 Å². The summed E-state index contributed by atoms with van der Waals surface area (Å²) < 4.78 is 18.5. The topological polar surface area (TPSA) is 102 Å². The van der Waals surface area contributed by atoms with Crippen LogP contribution in [0.5, 0.6) is 0 Å². The summed E-state index contributed by atoms with van der Waals surface area (Å²) in [6.07, 6.45) is 6.34. The molecule has 0 aliphatic heterocycles. The van der Waals surface area contributed by atoms with E-state index in [0.29, 0.717) is 32.2 Å². The maximum absolute atomic E-state index is 13.6. The van der Waals surface area contributed by atoms with Gasteiger partial charge >= 0.3 is 12.1 Å². The highest BCUT2D eigenvalue weighted by atomic mass is 19.1. The lowest BCUT2D eigenvalue weighted by Crippen LogP contribution is -2.30. The summed E-state index contributed by atoms with van der Waals surface area (Å²) in [5, 5.41) is 11.2. The minimum atomic E-state index is -1.02. The van der Waals surface area contributed by atoms with Crippen molar-refractivity contribution >= 4 is 12.1 Å². The molecule has 0 saturated carbocycles. The van der Waals surface area contributed by atoms with Crippen molar-refractivity contribution in [3.05, 3.63) is 0 Å². The van der Waals surface area contributed by atoms with Crippen molar-refractivity contribution in [2.75, 3.05) is 13.2 Å². The van der Waals surface area contributed by atoms with Gasteiger partial charge in [0, 0.05) is 13.0 Å². The van der Waals surface area contributed by atoms with E-state index in [1.165, 1.54) is 12.8 Å². The van der Waals surface area contributed by atoms with E-state index in [4.69, 9.17) is 15.6 Å². The number of unbranched alkanes of at least 4 members (excludes halogenated alkanes) is 5. The first kappa shape index (κ1) is 22.6. The van der Waals surface area contributed by atoms with E-state index >= 15 is 0 Å². The Kier molecular flexibility index (Phi) is 14.3. The Labute approximate surface area is 144 Å². The monoisotopic (exact) mass is 348 g/mol. The Morgan fingerprint density at radius 3 is 2.42 bits per heavy atom. The van der Waals surface area contributed by atoms with Crippen LogP contribution >= 0.6 is 0 Å². The number of rotatable bonds is 15. The molecule has 7 heteroatoms. The fourth-order valence-corrected chi connectivity index (χ4v) is 2.25. The molecule has 0 spiro atoms. The molecule has 0 aromatic heterocycles. The summed E-state index contributed by atoms with van der Waals surface area (Å²) in [6, 6.07) is -0.861. The first-order chi connectivity index (χ1) is 11.5. The van der Waals surface area contributed by atoms with Gasteiger partial charge in [0.05, 0.1) is 6.61 Å². The van der Waals surface area contributed by atoms with E-state index < -0.39 is 24.3 Å². The second-order valence-corrected chi connectivity index (χ2v) is 6.09. The number of nitrogens with one attached hydrogen (secondary N) is 1. The van der Waals surface area contributed by atoms with Crippen LogP contribution in [0.15, 0.2) is 0 Å². The van der Waals surface area contributed by atoms with E-state index in [2.05, 4.69) is 12.2 Å². The minimum Gasteiger partial charge on any atom is -0.480 e. The number of hydrogen-bond acceptors (Lipinski definition) is 4. The number of aliphatic carboxylic acids is 1. The van der Waals surface area contributed by atoms with Crippen LogP contribution in [-0.2, 0) is 9.53 Å². The van der Waals surface area contributed by atoms with Crippen molar-refractivity contribution in [1.29, 1.82) is 0 Å². The van der Waals surface area contributed by atoms with Gasteiger partial charge in [-0.3, -0.25) is 4.79 Å². The van der Waals surface area contributed by atoms with Gasteiger partial charge in [0.1, 0.15) is 12.2 Å². The zero-order chi connectivity index (χ0) is 18.2. The highest BCUT2D eigenvalue weighted by Gasteiger charge is 2.11. The van der Waals surface area contributed by atoms with Gasteiger partial charge in [-0.2, -0.15) is 0 Å². The number of hydrogen-bond donors (Lipinski definition) is 3. The average molecular weight is 348 g/mol. The lowest BCUT2D eigenvalue weighted by atomic mass is 10.1. The number of nitrogens with two attached hydrogens (primary N) is 1. The number of carboxylic acid groups (broad SMARTS) is 1. The number of halogens is 1. The van der Waals surface area contributed by atoms with Gasteiger partial charge in [0.15, 0.2) is 0 Å². The molecule has 0 aromatic carbocycles. The second-order valence-electron chi connectivity index (χ2n) is 6.09. The zero-order valence-electron chi connectivity index (χ0n) is 14.8. The van der Waals surface area contributed by atoms with Crippen molar-refractivity contribution in [1.82, 2.24) is 5.32 Å². The molecule has 0 saturated heterocycles. The third-order valence-corrected chi connectivity index (χ3v) is 3.81. The standard InChI is InChI=1S/C17H33FN2O4/c1-2-3-4-5-6-9-14(18)11-13-24-17(23)20-12-8-7-10-15(19)16(21)22/h14-15H,2-13,19H2,1H3,(H,20,23)(H,21,22)/t14?,15-/m0/s1. The molecule has 4 N–H and O–H groups in total. The number of amides is 1. The molecule has 0 bridgehead atoms. The Morgan fingerprint density at radius 1 is 1.08 bits per heavy atom. The molecular formula is C17H33FN2O4. The Hall–Kier alpha value is -1.37. The molecule has 6 nitrogen and oxygen atoms in total. The molecule has 0 rings (SSSR count). The molecule has 0 aromatic rings. The van der Waals surface area contributed by atoms with Crippen LogP contribution in [0.3, 0.4) is 0 Å². The predicted octanol–water partition coefficient (Wildman–Crippen LogP) is 3.38. The van der Waals surface area contributed by atoms with Crippen molar-refractivity contribution < 1.29 is 23.8 Å². The zero-order valence-corrected chi connectivity index (χ0v) is 14.8. The lowest BCUT2D eigenvalue weighted by Gasteiger charge is -2.10. The van der Waals surface area contributed by atoms with Crippen LogP contribution in [0.2, 0.25) is 0 Å². The normalized spacial score (nSPS) is 13.3. The maximum atomic E-state index is 13.6. The van der Waals surface area contributed by atoms with Gasteiger partial charge in [-0.1, -0.05) is 39.0 Å². The first-order valence-electron chi connectivity index (χ1n) is 9.00. The van der Waals surface area contributed by atoms with E-state index in [0.717, 1.165) is 19.3 Å². The highest BCUT2D eigenvalue weighted by molar-refractivity contribution is 5.72. The van der Waals surface area contributed by atoms with E-state index in [1.807, 2.05) is 0 Å². The predicted molar refractivity (Wildman–Crippen MR) is 91.7 cm³/mol. The molecule has 0 heterocycles. The van der Waals surface area contributed by atoms with Crippen LogP contribution in [0.25, 0.3) is 0 Å². The molecule has 142 valence electrons. The average Bonchev–Trinajstić information content (AvgIpc) is 2.54. The molecule has 24 heavy (non-hydrogen) atoms. The summed E-state index contributed by atoms with van der Waals surface area (Å²) in [6.45, 7) is 2.61. The van der Waals surface area contributed by atoms with Gasteiger partial charge in [-0.05, 0) is 25.7 Å². The smallest absolute Gasteiger partial charge is 0.407 e. The molecule has 1 amide bonds. The number of alkyl halides is 1. The molecule has 1 unspecified atom stereocenters. The molecule has 0 aliphatic carbocycles. The summed E-state index contributed by atoms with van der Waals surface area (Å²) in [4.78, 5) is 21.9. The summed E-state index contributed by atoms with van der Waals surface area (Å²) in [5.41, 5.74) is 5.36. The summed E-state index contributed by atoms with van der Waals surface area (Å²) in [5.74, 6) is -1.02. The summed E-state index contributed by atoms with van der Waals surface area (Å²) in [7, 11) is 0. The van der Waals surface area contributed by atoms with Crippen LogP contribution in [-0.4, -0.2) is 42.5 Å². The minimum absolute atomic E-state index is 0.0752. The number of carbonyl (C=O) groups excluding carboxylic acids is 1. The Morgan fingerprint density at radius 2 is 1.75 bits per heavy atom. The Bertz CT molecular complexity index is 343. The van der Waals surface area contributed by atoms with E-state index in [9.17, 15) is 14.0 Å². The van der Waals surface area contributed by atoms with E-state index in [-0.39, 0.29) is 13.0 Å². The van der Waals surface area contributed by atoms with Gasteiger partial charge in [-0.15, -0.1) is 0 Å². The molecule has 0 fully saturated rings. The number of carboxylic acids is 1. The maximum Gasteiger partial charge on any atom is 0.407 e. The number of alkyl carbamates (subject to hydrolysis) is 1. The number of carbonyl (C=O) groups is 2. The first-order valence-corrected chi connectivity index (χ1v) is 9.00. The molecular weight excluding hydrogens is 315 g/mol. The second kappa shape index (κ2) is 15.2. The largest absolute Gasteiger partial charge is 0.480 e. The van der Waals surface area contributed by atoms with Crippen molar-refractivity contribution in [2.24, 2.45) is 5.73 Å². The molecule has 0 aliphatic rings. The van der Waals surface area contributed by atoms with Crippen molar-refractivity contribution in [3.8, 4) is 0 Å². The van der Waals surface area contributed by atoms with Gasteiger partial charge in [0.2, 0.25) is 0 Å². The SMILES string of the molecule is CCCCCCCC(F)CCOC(=O)NCCCC[C@H](N)C(=O)O. The van der Waals surface area contributed by atoms with Crippen molar-refractivity contribution in [2.45, 2.75) is 83.3 Å². The van der Waals surface area contributed by atoms with Gasteiger partial charge in [0.25, 0.3) is 0 Å². The van der Waals surface area contributed by atoms with Gasteiger partial charge < -0.3 is 20.9 Å². The Balaban J connectivity index is 3.44. The molecule has 0 radical (unpaired) electrons. The molecule has 2 atom stereocenters. The number of ether oxygens (including phenoxy) is 1. The van der Waals surface area contributed by atoms with Crippen LogP contribution < -0.4 is 11.1 Å².